The fraction of sp³-hybridized carbons (Fsp3) is 0.312. The number of nitrogens with one attached hydrogen (secondary N) is 1. The molecule has 0 spiro atoms. The van der Waals surface area contributed by atoms with Crippen LogP contribution in [0, 0.1) is 13.8 Å². The first-order chi connectivity index (χ1) is 9.19. The lowest BCUT2D eigenvalue weighted by Gasteiger charge is -2.21. The predicted octanol–water partition coefficient (Wildman–Crippen LogP) is 3.02. The first-order valence-electron chi connectivity index (χ1n) is 6.40. The van der Waals surface area contributed by atoms with Crippen molar-refractivity contribution in [3.8, 4) is 5.75 Å². The van der Waals surface area contributed by atoms with E-state index in [9.17, 15) is 0 Å². The number of aryl methyl sites for hydroxylation is 1. The van der Waals surface area contributed by atoms with E-state index in [4.69, 9.17) is 4.74 Å². The minimum Gasteiger partial charge on any atom is -0.496 e. The molecular formula is C16H20N2O. The zero-order valence-electron chi connectivity index (χ0n) is 11.9. The van der Waals surface area contributed by atoms with Gasteiger partial charge >= 0.3 is 0 Å². The molecule has 0 aliphatic carbocycles. The summed E-state index contributed by atoms with van der Waals surface area (Å²) in [6.07, 6.45) is 3.67. The number of ether oxygens (including phenoxy) is 1. The molecule has 0 fully saturated rings. The van der Waals surface area contributed by atoms with E-state index in [1.54, 1.807) is 13.3 Å². The summed E-state index contributed by atoms with van der Waals surface area (Å²) >= 11 is 0. The van der Waals surface area contributed by atoms with Gasteiger partial charge in [-0.3, -0.25) is 4.98 Å². The number of hydrogen-bond acceptors (Lipinski definition) is 3. The molecule has 1 heterocycles. The van der Waals surface area contributed by atoms with Crippen molar-refractivity contribution in [1.82, 2.24) is 10.3 Å². The van der Waals surface area contributed by atoms with E-state index in [2.05, 4.69) is 42.3 Å². The van der Waals surface area contributed by atoms with Crippen LogP contribution >= 0.6 is 0 Å². The van der Waals surface area contributed by atoms with E-state index in [1.807, 2.05) is 19.3 Å². The standard InChI is InChI=1S/C16H20N2O/c1-11-7-8-14(16(19-4)12(11)2)15(17-3)13-6-5-9-18-10-13/h5-10,15,17H,1-4H3. The molecule has 0 aliphatic heterocycles. The lowest BCUT2D eigenvalue weighted by Crippen LogP contribution is -2.19. The molecule has 1 aromatic heterocycles. The second-order valence-electron chi connectivity index (χ2n) is 4.64. The summed E-state index contributed by atoms with van der Waals surface area (Å²) < 4.78 is 5.60. The average molecular weight is 256 g/mol. The van der Waals surface area contributed by atoms with Gasteiger partial charge < -0.3 is 10.1 Å². The molecule has 1 aromatic carbocycles. The summed E-state index contributed by atoms with van der Waals surface area (Å²) in [6.45, 7) is 4.19. The van der Waals surface area contributed by atoms with Crippen LogP contribution < -0.4 is 10.1 Å². The number of benzene rings is 1. The Morgan fingerprint density at radius 2 is 2.00 bits per heavy atom. The summed E-state index contributed by atoms with van der Waals surface area (Å²) in [5.74, 6) is 0.947. The maximum atomic E-state index is 5.60. The van der Waals surface area contributed by atoms with E-state index in [-0.39, 0.29) is 6.04 Å². The van der Waals surface area contributed by atoms with Crippen molar-refractivity contribution in [1.29, 1.82) is 0 Å². The molecule has 0 saturated heterocycles. The number of nitrogens with zero attached hydrogens (tertiary/aromatic N) is 1. The highest BCUT2D eigenvalue weighted by atomic mass is 16.5. The summed E-state index contributed by atoms with van der Waals surface area (Å²) in [5.41, 5.74) is 4.69. The summed E-state index contributed by atoms with van der Waals surface area (Å²) in [4.78, 5) is 4.19. The molecule has 2 aromatic rings. The zero-order valence-corrected chi connectivity index (χ0v) is 11.9. The van der Waals surface area contributed by atoms with Gasteiger partial charge in [0.05, 0.1) is 13.2 Å². The molecular weight excluding hydrogens is 236 g/mol. The fourth-order valence-electron chi connectivity index (χ4n) is 2.36. The lowest BCUT2D eigenvalue weighted by molar-refractivity contribution is 0.402. The monoisotopic (exact) mass is 256 g/mol. The number of methoxy groups -OCH3 is 1. The second-order valence-corrected chi connectivity index (χ2v) is 4.64. The van der Waals surface area contributed by atoms with Crippen molar-refractivity contribution in [3.63, 3.8) is 0 Å². The van der Waals surface area contributed by atoms with Crippen LogP contribution in [-0.2, 0) is 0 Å². The van der Waals surface area contributed by atoms with Crippen molar-refractivity contribution >= 4 is 0 Å². The lowest BCUT2D eigenvalue weighted by atomic mass is 9.95. The minimum absolute atomic E-state index is 0.0861. The molecule has 2 rings (SSSR count). The van der Waals surface area contributed by atoms with Crippen molar-refractivity contribution in [2.45, 2.75) is 19.9 Å². The Kier molecular flexibility index (Phi) is 4.17. The van der Waals surface area contributed by atoms with Crippen LogP contribution in [0.2, 0.25) is 0 Å². The van der Waals surface area contributed by atoms with E-state index in [1.165, 1.54) is 11.1 Å². The highest BCUT2D eigenvalue weighted by molar-refractivity contribution is 5.49. The molecule has 0 amide bonds. The van der Waals surface area contributed by atoms with E-state index in [0.717, 1.165) is 16.9 Å². The third kappa shape index (κ3) is 2.61. The zero-order chi connectivity index (χ0) is 13.8. The van der Waals surface area contributed by atoms with Crippen molar-refractivity contribution in [2.24, 2.45) is 0 Å². The smallest absolute Gasteiger partial charge is 0.127 e. The van der Waals surface area contributed by atoms with Gasteiger partial charge in [0.1, 0.15) is 5.75 Å². The Bertz CT molecular complexity index is 552. The van der Waals surface area contributed by atoms with E-state index >= 15 is 0 Å². The van der Waals surface area contributed by atoms with E-state index in [0.29, 0.717) is 0 Å². The van der Waals surface area contributed by atoms with Crippen molar-refractivity contribution < 1.29 is 4.74 Å². The quantitative estimate of drug-likeness (QED) is 0.913. The Labute approximate surface area is 114 Å². The van der Waals surface area contributed by atoms with Crippen LogP contribution in [0.5, 0.6) is 5.75 Å². The molecule has 0 aliphatic rings. The maximum absolute atomic E-state index is 5.60. The summed E-state index contributed by atoms with van der Waals surface area (Å²) in [6, 6.07) is 8.36. The summed E-state index contributed by atoms with van der Waals surface area (Å²) in [7, 11) is 3.67. The van der Waals surface area contributed by atoms with Gasteiger partial charge in [0.15, 0.2) is 0 Å². The Morgan fingerprint density at radius 1 is 1.21 bits per heavy atom. The second kappa shape index (κ2) is 5.85. The molecule has 1 N–H and O–H groups in total. The highest BCUT2D eigenvalue weighted by Crippen LogP contribution is 2.33. The Morgan fingerprint density at radius 3 is 2.58 bits per heavy atom. The molecule has 1 unspecified atom stereocenters. The van der Waals surface area contributed by atoms with Crippen LogP contribution in [-0.4, -0.2) is 19.1 Å². The SMILES string of the molecule is CNC(c1cccnc1)c1ccc(C)c(C)c1OC. The van der Waals surface area contributed by atoms with Gasteiger partial charge in [-0.05, 0) is 43.7 Å². The number of pyridine rings is 1. The molecule has 0 radical (unpaired) electrons. The molecule has 19 heavy (non-hydrogen) atoms. The van der Waals surface area contributed by atoms with Gasteiger partial charge in [-0.15, -0.1) is 0 Å². The van der Waals surface area contributed by atoms with Crippen molar-refractivity contribution in [2.75, 3.05) is 14.2 Å². The highest BCUT2D eigenvalue weighted by Gasteiger charge is 2.18. The molecule has 100 valence electrons. The van der Waals surface area contributed by atoms with Gasteiger partial charge in [-0.25, -0.2) is 0 Å². The molecule has 3 heteroatoms. The van der Waals surface area contributed by atoms with Crippen LogP contribution in [0.15, 0.2) is 36.7 Å². The number of hydrogen-bond donors (Lipinski definition) is 1. The normalized spacial score (nSPS) is 12.2. The minimum atomic E-state index is 0.0861. The van der Waals surface area contributed by atoms with Crippen molar-refractivity contribution in [3.05, 3.63) is 58.9 Å². The molecule has 0 bridgehead atoms. The van der Waals surface area contributed by atoms with Gasteiger partial charge in [0, 0.05) is 18.0 Å². The maximum Gasteiger partial charge on any atom is 0.127 e. The third-order valence-corrected chi connectivity index (χ3v) is 3.53. The number of rotatable bonds is 4. The van der Waals surface area contributed by atoms with Crippen LogP contribution in [0.4, 0.5) is 0 Å². The average Bonchev–Trinajstić information content (AvgIpc) is 2.45. The van der Waals surface area contributed by atoms with Gasteiger partial charge in [0.2, 0.25) is 0 Å². The van der Waals surface area contributed by atoms with Crippen LogP contribution in [0.25, 0.3) is 0 Å². The third-order valence-electron chi connectivity index (χ3n) is 3.53. The fourth-order valence-corrected chi connectivity index (χ4v) is 2.36. The van der Waals surface area contributed by atoms with Gasteiger partial charge in [-0.2, -0.15) is 0 Å². The topological polar surface area (TPSA) is 34.2 Å². The summed E-state index contributed by atoms with van der Waals surface area (Å²) in [5, 5.41) is 3.34. The van der Waals surface area contributed by atoms with Crippen LogP contribution in [0.3, 0.4) is 0 Å². The molecule has 1 atom stereocenters. The number of aromatic nitrogens is 1. The van der Waals surface area contributed by atoms with Crippen LogP contribution in [0.1, 0.15) is 28.3 Å². The Balaban J connectivity index is 2.53. The van der Waals surface area contributed by atoms with Gasteiger partial charge in [-0.1, -0.05) is 18.2 Å². The largest absolute Gasteiger partial charge is 0.496 e. The predicted molar refractivity (Wildman–Crippen MR) is 77.6 cm³/mol. The first kappa shape index (κ1) is 13.6. The first-order valence-corrected chi connectivity index (χ1v) is 6.40. The molecule has 3 nitrogen and oxygen atoms in total. The molecule has 0 saturated carbocycles. The van der Waals surface area contributed by atoms with Gasteiger partial charge in [0.25, 0.3) is 0 Å². The van der Waals surface area contributed by atoms with E-state index < -0.39 is 0 Å². The Hall–Kier alpha value is -1.87.